The average molecular weight is 183 g/mol. The van der Waals surface area contributed by atoms with E-state index in [2.05, 4.69) is 10.3 Å². The van der Waals surface area contributed by atoms with Crippen LogP contribution in [0, 0.1) is 0 Å². The fourth-order valence-electron chi connectivity index (χ4n) is 1.56. The third kappa shape index (κ3) is 1.59. The second-order valence-electron chi connectivity index (χ2n) is 3.13. The molecule has 0 unspecified atom stereocenters. The summed E-state index contributed by atoms with van der Waals surface area (Å²) in [6, 6.07) is 0. The maximum atomic E-state index is 5.57. The van der Waals surface area contributed by atoms with Crippen molar-refractivity contribution in [3.05, 3.63) is 10.4 Å². The zero-order chi connectivity index (χ0) is 8.39. The first-order valence-electron chi connectivity index (χ1n) is 4.28. The quantitative estimate of drug-likeness (QED) is 0.687. The van der Waals surface area contributed by atoms with Crippen molar-refractivity contribution >= 4 is 17.2 Å². The lowest BCUT2D eigenvalue weighted by atomic mass is 9.99. The molecule has 2 heterocycles. The van der Waals surface area contributed by atoms with E-state index in [0.717, 1.165) is 13.1 Å². The van der Waals surface area contributed by atoms with E-state index in [0.29, 0.717) is 11.7 Å². The topological polar surface area (TPSA) is 50.9 Å². The lowest BCUT2D eigenvalue weighted by Gasteiger charge is -2.20. The van der Waals surface area contributed by atoms with Gasteiger partial charge >= 0.3 is 0 Å². The number of aromatic nitrogens is 1. The van der Waals surface area contributed by atoms with Crippen LogP contribution in [0.25, 0.3) is 0 Å². The van der Waals surface area contributed by atoms with Crippen LogP contribution in [0.1, 0.15) is 23.8 Å². The fraction of sp³-hybridized carbons (Fsp3) is 0.625. The molecule has 0 aromatic carbocycles. The first kappa shape index (κ1) is 8.01. The van der Waals surface area contributed by atoms with Gasteiger partial charge in [0.25, 0.3) is 0 Å². The van der Waals surface area contributed by atoms with E-state index in [1.807, 2.05) is 5.38 Å². The minimum Gasteiger partial charge on any atom is -0.383 e. The molecule has 4 heteroatoms. The highest BCUT2D eigenvalue weighted by Gasteiger charge is 2.17. The molecule has 1 saturated heterocycles. The minimum atomic E-state index is 0.647. The van der Waals surface area contributed by atoms with Crippen LogP contribution < -0.4 is 11.1 Å². The molecule has 0 atom stereocenters. The van der Waals surface area contributed by atoms with Gasteiger partial charge in [0, 0.05) is 11.3 Å². The predicted octanol–water partition coefficient (Wildman–Crippen LogP) is 1.19. The number of nitrogen functional groups attached to an aromatic ring is 1. The molecule has 3 N–H and O–H groups in total. The number of hydrogen-bond acceptors (Lipinski definition) is 4. The molecule has 1 aromatic heterocycles. The van der Waals surface area contributed by atoms with Crippen LogP contribution in [0.2, 0.25) is 0 Å². The summed E-state index contributed by atoms with van der Waals surface area (Å²) in [7, 11) is 0. The van der Waals surface area contributed by atoms with Crippen LogP contribution in [-0.4, -0.2) is 18.1 Å². The molecule has 0 saturated carbocycles. The molecule has 12 heavy (non-hydrogen) atoms. The van der Waals surface area contributed by atoms with E-state index in [9.17, 15) is 0 Å². The molecule has 3 nitrogen and oxygen atoms in total. The normalized spacial score (nSPS) is 19.7. The van der Waals surface area contributed by atoms with Gasteiger partial charge in [0.1, 0.15) is 5.82 Å². The van der Waals surface area contributed by atoms with Crippen molar-refractivity contribution in [2.45, 2.75) is 18.8 Å². The van der Waals surface area contributed by atoms with Crippen LogP contribution in [0.3, 0.4) is 0 Å². The zero-order valence-electron chi connectivity index (χ0n) is 6.92. The van der Waals surface area contributed by atoms with Gasteiger partial charge < -0.3 is 11.1 Å². The Bertz CT molecular complexity index is 253. The summed E-state index contributed by atoms with van der Waals surface area (Å²) in [4.78, 5) is 4.30. The Morgan fingerprint density at radius 2 is 2.25 bits per heavy atom. The van der Waals surface area contributed by atoms with Crippen molar-refractivity contribution in [3.8, 4) is 0 Å². The number of thiazole rings is 1. The Kier molecular flexibility index (Phi) is 2.28. The Hall–Kier alpha value is -0.610. The zero-order valence-corrected chi connectivity index (χ0v) is 7.73. The monoisotopic (exact) mass is 183 g/mol. The summed E-state index contributed by atoms with van der Waals surface area (Å²) in [5, 5.41) is 6.48. The van der Waals surface area contributed by atoms with Crippen LogP contribution in [-0.2, 0) is 0 Å². The second-order valence-corrected chi connectivity index (χ2v) is 4.02. The van der Waals surface area contributed by atoms with Crippen molar-refractivity contribution in [2.75, 3.05) is 18.8 Å². The summed E-state index contributed by atoms with van der Waals surface area (Å²) < 4.78 is 0. The second kappa shape index (κ2) is 3.41. The van der Waals surface area contributed by atoms with Crippen molar-refractivity contribution < 1.29 is 0 Å². The number of anilines is 1. The van der Waals surface area contributed by atoms with Gasteiger partial charge in [0.05, 0.1) is 5.01 Å². The van der Waals surface area contributed by atoms with Gasteiger partial charge in [-0.3, -0.25) is 0 Å². The van der Waals surface area contributed by atoms with Gasteiger partial charge in [-0.05, 0) is 25.9 Å². The largest absolute Gasteiger partial charge is 0.383 e. The van der Waals surface area contributed by atoms with Gasteiger partial charge in [-0.1, -0.05) is 0 Å². The molecule has 0 spiro atoms. The van der Waals surface area contributed by atoms with Crippen molar-refractivity contribution in [1.82, 2.24) is 10.3 Å². The summed E-state index contributed by atoms with van der Waals surface area (Å²) in [5.74, 6) is 1.32. The first-order valence-corrected chi connectivity index (χ1v) is 5.16. The Morgan fingerprint density at radius 1 is 1.50 bits per heavy atom. The summed E-state index contributed by atoms with van der Waals surface area (Å²) >= 11 is 1.69. The van der Waals surface area contributed by atoms with E-state index in [1.165, 1.54) is 17.8 Å². The lowest BCUT2D eigenvalue weighted by Crippen LogP contribution is -2.26. The molecule has 1 aliphatic heterocycles. The van der Waals surface area contributed by atoms with Crippen LogP contribution in [0.15, 0.2) is 5.38 Å². The highest BCUT2D eigenvalue weighted by atomic mass is 32.1. The summed E-state index contributed by atoms with van der Waals surface area (Å²) in [5.41, 5.74) is 5.57. The van der Waals surface area contributed by atoms with Gasteiger partial charge in [-0.15, -0.1) is 11.3 Å². The van der Waals surface area contributed by atoms with Crippen LogP contribution >= 0.6 is 11.3 Å². The molecule has 66 valence electrons. The number of rotatable bonds is 1. The molecule has 0 aliphatic carbocycles. The fourth-order valence-corrected chi connectivity index (χ4v) is 2.44. The van der Waals surface area contributed by atoms with E-state index < -0.39 is 0 Å². The van der Waals surface area contributed by atoms with Gasteiger partial charge in [0.15, 0.2) is 0 Å². The van der Waals surface area contributed by atoms with Gasteiger partial charge in [0.2, 0.25) is 0 Å². The number of nitrogens with one attached hydrogen (secondary N) is 1. The van der Waals surface area contributed by atoms with Gasteiger partial charge in [-0.25, -0.2) is 4.98 Å². The molecular weight excluding hydrogens is 170 g/mol. The average Bonchev–Trinajstić information content (AvgIpc) is 2.54. The standard InChI is InChI=1S/C8H13N3S/c9-7-5-12-8(11-7)6-1-3-10-4-2-6/h5-6,10H,1-4,9H2. The molecular formula is C8H13N3S. The maximum absolute atomic E-state index is 5.57. The minimum absolute atomic E-state index is 0.647. The third-order valence-corrected chi connectivity index (χ3v) is 3.25. The van der Waals surface area contributed by atoms with Crippen molar-refractivity contribution in [3.63, 3.8) is 0 Å². The predicted molar refractivity (Wildman–Crippen MR) is 51.4 cm³/mol. The van der Waals surface area contributed by atoms with E-state index in [1.54, 1.807) is 11.3 Å². The number of nitrogens with zero attached hydrogens (tertiary/aromatic N) is 1. The Morgan fingerprint density at radius 3 is 2.83 bits per heavy atom. The van der Waals surface area contributed by atoms with E-state index in [4.69, 9.17) is 5.73 Å². The lowest BCUT2D eigenvalue weighted by molar-refractivity contribution is 0.459. The van der Waals surface area contributed by atoms with E-state index >= 15 is 0 Å². The summed E-state index contributed by atoms with van der Waals surface area (Å²) in [6.07, 6.45) is 2.40. The SMILES string of the molecule is Nc1csc(C2CCNCC2)n1. The van der Waals surface area contributed by atoms with Crippen LogP contribution in [0.4, 0.5) is 5.82 Å². The first-order chi connectivity index (χ1) is 5.86. The molecule has 1 aliphatic rings. The molecule has 2 rings (SSSR count). The van der Waals surface area contributed by atoms with Gasteiger partial charge in [-0.2, -0.15) is 0 Å². The highest BCUT2D eigenvalue weighted by Crippen LogP contribution is 2.28. The Balaban J connectivity index is 2.08. The smallest absolute Gasteiger partial charge is 0.134 e. The number of nitrogens with two attached hydrogens (primary N) is 1. The maximum Gasteiger partial charge on any atom is 0.134 e. The summed E-state index contributed by atoms with van der Waals surface area (Å²) in [6.45, 7) is 2.23. The Labute approximate surface area is 76.0 Å². The van der Waals surface area contributed by atoms with E-state index in [-0.39, 0.29) is 0 Å². The number of hydrogen-bond donors (Lipinski definition) is 2. The molecule has 0 amide bonds. The molecule has 0 radical (unpaired) electrons. The van der Waals surface area contributed by atoms with Crippen molar-refractivity contribution in [1.29, 1.82) is 0 Å². The molecule has 1 fully saturated rings. The van der Waals surface area contributed by atoms with Crippen LogP contribution in [0.5, 0.6) is 0 Å². The molecule has 0 bridgehead atoms. The third-order valence-electron chi connectivity index (χ3n) is 2.23. The molecule has 1 aromatic rings. The number of piperidine rings is 1. The highest BCUT2D eigenvalue weighted by molar-refractivity contribution is 7.10. The van der Waals surface area contributed by atoms with Crippen molar-refractivity contribution in [2.24, 2.45) is 0 Å².